The molecule has 5 nitrogen and oxygen atoms in total. The Labute approximate surface area is 173 Å². The molecule has 0 unspecified atom stereocenters. The van der Waals surface area contributed by atoms with E-state index in [1.807, 2.05) is 21.7 Å². The van der Waals surface area contributed by atoms with E-state index in [0.29, 0.717) is 25.5 Å². The fraction of sp³-hybridized carbons (Fsp3) is 0.450. The van der Waals surface area contributed by atoms with Crippen LogP contribution < -0.4 is 0 Å². The van der Waals surface area contributed by atoms with Crippen molar-refractivity contribution in [1.29, 1.82) is 0 Å². The van der Waals surface area contributed by atoms with Crippen molar-refractivity contribution in [2.45, 2.75) is 43.2 Å². The van der Waals surface area contributed by atoms with Gasteiger partial charge in [0.05, 0.1) is 4.90 Å². The van der Waals surface area contributed by atoms with Gasteiger partial charge in [0.2, 0.25) is 15.9 Å². The second-order valence-electron chi connectivity index (χ2n) is 7.58. The smallest absolute Gasteiger partial charge is 0.243 e. The van der Waals surface area contributed by atoms with E-state index in [-0.39, 0.29) is 35.9 Å². The van der Waals surface area contributed by atoms with Crippen LogP contribution in [0.1, 0.15) is 31.2 Å². The predicted octanol–water partition coefficient (Wildman–Crippen LogP) is 3.62. The lowest BCUT2D eigenvalue weighted by Gasteiger charge is -2.33. The van der Waals surface area contributed by atoms with Crippen LogP contribution in [-0.4, -0.2) is 42.7 Å². The van der Waals surface area contributed by atoms with Crippen molar-refractivity contribution >= 4 is 27.3 Å². The Morgan fingerprint density at radius 1 is 1.10 bits per heavy atom. The predicted molar refractivity (Wildman–Crippen MR) is 106 cm³/mol. The summed E-state index contributed by atoms with van der Waals surface area (Å²) in [6, 6.07) is 4.89. The van der Waals surface area contributed by atoms with E-state index in [0.717, 1.165) is 30.5 Å². The van der Waals surface area contributed by atoms with E-state index in [4.69, 9.17) is 0 Å². The standard InChI is InChI=1S/C20H22F2N2O3S2/c21-18-4-3-17(11-19(18)22)29(26,27)23-8-5-15(6-9-23)20(25)24(16-1-2-16)12-14-7-10-28-13-14/h3-4,7,10-11,13,15-16H,1-2,5-6,8-9,12H2. The van der Waals surface area contributed by atoms with Crippen molar-refractivity contribution in [3.05, 3.63) is 52.2 Å². The number of rotatable bonds is 6. The summed E-state index contributed by atoms with van der Waals surface area (Å²) in [6.45, 7) is 0.976. The molecule has 1 aliphatic heterocycles. The number of halogens is 2. The number of nitrogens with zero attached hydrogens (tertiary/aromatic N) is 2. The van der Waals surface area contributed by atoms with Gasteiger partial charge in [-0.1, -0.05) is 0 Å². The number of hydrogen-bond donors (Lipinski definition) is 0. The molecule has 2 heterocycles. The summed E-state index contributed by atoms with van der Waals surface area (Å²) >= 11 is 1.60. The maximum atomic E-state index is 13.5. The summed E-state index contributed by atoms with van der Waals surface area (Å²) in [4.78, 5) is 14.8. The van der Waals surface area contributed by atoms with Gasteiger partial charge in [0.15, 0.2) is 11.6 Å². The van der Waals surface area contributed by atoms with Crippen molar-refractivity contribution in [3.63, 3.8) is 0 Å². The molecule has 1 aromatic carbocycles. The third-order valence-corrected chi connectivity index (χ3v) is 8.16. The van der Waals surface area contributed by atoms with Gasteiger partial charge >= 0.3 is 0 Å². The third kappa shape index (κ3) is 4.36. The highest BCUT2D eigenvalue weighted by Crippen LogP contribution is 2.33. The third-order valence-electron chi connectivity index (χ3n) is 5.54. The molecule has 2 fully saturated rings. The SMILES string of the molecule is O=C(C1CCN(S(=O)(=O)c2ccc(F)c(F)c2)CC1)N(Cc1ccsc1)C1CC1. The molecule has 0 radical (unpaired) electrons. The number of amides is 1. The first-order valence-electron chi connectivity index (χ1n) is 9.63. The first kappa shape index (κ1) is 20.4. The molecule has 29 heavy (non-hydrogen) atoms. The highest BCUT2D eigenvalue weighted by atomic mass is 32.2. The average molecular weight is 441 g/mol. The van der Waals surface area contributed by atoms with Gasteiger partial charge in [-0.15, -0.1) is 0 Å². The average Bonchev–Trinajstić information content (AvgIpc) is 3.43. The number of piperidine rings is 1. The summed E-state index contributed by atoms with van der Waals surface area (Å²) in [5.41, 5.74) is 1.12. The van der Waals surface area contributed by atoms with Crippen molar-refractivity contribution < 1.29 is 22.0 Å². The van der Waals surface area contributed by atoms with Crippen LogP contribution in [0.5, 0.6) is 0 Å². The second kappa shape index (κ2) is 8.12. The van der Waals surface area contributed by atoms with E-state index in [1.54, 1.807) is 11.3 Å². The molecule has 9 heteroatoms. The van der Waals surface area contributed by atoms with Crippen LogP contribution in [0.4, 0.5) is 8.78 Å². The molecule has 1 aliphatic carbocycles. The molecular weight excluding hydrogens is 418 g/mol. The Kier molecular flexibility index (Phi) is 5.72. The van der Waals surface area contributed by atoms with Gasteiger partial charge in [0.1, 0.15) is 0 Å². The fourth-order valence-electron chi connectivity index (χ4n) is 3.72. The van der Waals surface area contributed by atoms with Crippen LogP contribution >= 0.6 is 11.3 Å². The lowest BCUT2D eigenvalue weighted by molar-refractivity contribution is -0.138. The summed E-state index contributed by atoms with van der Waals surface area (Å²) in [6.07, 6.45) is 2.88. The normalized spacial score (nSPS) is 18.7. The number of hydrogen-bond acceptors (Lipinski definition) is 4. The zero-order valence-corrected chi connectivity index (χ0v) is 17.4. The molecule has 0 spiro atoms. The van der Waals surface area contributed by atoms with Crippen LogP contribution in [0.15, 0.2) is 39.9 Å². The van der Waals surface area contributed by atoms with Gasteiger partial charge in [-0.3, -0.25) is 4.79 Å². The monoisotopic (exact) mass is 440 g/mol. The molecule has 2 aliphatic rings. The molecule has 0 atom stereocenters. The Balaban J connectivity index is 1.41. The lowest BCUT2D eigenvalue weighted by Crippen LogP contribution is -2.44. The van der Waals surface area contributed by atoms with Gasteiger partial charge in [-0.05, 0) is 66.3 Å². The summed E-state index contributed by atoms with van der Waals surface area (Å²) in [7, 11) is -3.91. The molecule has 2 aromatic rings. The zero-order valence-electron chi connectivity index (χ0n) is 15.8. The number of carbonyl (C=O) groups excluding carboxylic acids is 1. The molecule has 1 saturated heterocycles. The first-order valence-corrected chi connectivity index (χ1v) is 12.0. The van der Waals surface area contributed by atoms with E-state index in [9.17, 15) is 22.0 Å². The minimum Gasteiger partial charge on any atom is -0.335 e. The summed E-state index contributed by atoms with van der Waals surface area (Å²) in [5.74, 6) is -2.40. The molecule has 4 rings (SSSR count). The molecule has 0 bridgehead atoms. The van der Waals surface area contributed by atoms with Crippen molar-refractivity contribution in [2.24, 2.45) is 5.92 Å². The quantitative estimate of drug-likeness (QED) is 0.690. The topological polar surface area (TPSA) is 57.7 Å². The molecule has 0 N–H and O–H groups in total. The highest BCUT2D eigenvalue weighted by Gasteiger charge is 2.38. The van der Waals surface area contributed by atoms with E-state index in [1.165, 1.54) is 4.31 Å². The van der Waals surface area contributed by atoms with Gasteiger partial charge in [-0.25, -0.2) is 17.2 Å². The molecular formula is C20H22F2N2O3S2. The largest absolute Gasteiger partial charge is 0.335 e. The van der Waals surface area contributed by atoms with Crippen LogP contribution in [0, 0.1) is 17.6 Å². The van der Waals surface area contributed by atoms with Crippen LogP contribution in [-0.2, 0) is 21.4 Å². The number of benzene rings is 1. The molecule has 156 valence electrons. The maximum Gasteiger partial charge on any atom is 0.243 e. The molecule has 1 amide bonds. The Bertz CT molecular complexity index is 983. The summed E-state index contributed by atoms with van der Waals surface area (Å²) < 4.78 is 53.3. The van der Waals surface area contributed by atoms with Crippen molar-refractivity contribution in [3.8, 4) is 0 Å². The first-order chi connectivity index (χ1) is 13.9. The Morgan fingerprint density at radius 2 is 1.83 bits per heavy atom. The Morgan fingerprint density at radius 3 is 2.41 bits per heavy atom. The fourth-order valence-corrected chi connectivity index (χ4v) is 5.86. The van der Waals surface area contributed by atoms with Gasteiger partial charge in [-0.2, -0.15) is 15.6 Å². The van der Waals surface area contributed by atoms with E-state index >= 15 is 0 Å². The van der Waals surface area contributed by atoms with E-state index < -0.39 is 21.7 Å². The van der Waals surface area contributed by atoms with E-state index in [2.05, 4.69) is 0 Å². The Hall–Kier alpha value is -1.84. The molecule has 1 aromatic heterocycles. The summed E-state index contributed by atoms with van der Waals surface area (Å²) in [5, 5.41) is 4.03. The number of thiophene rings is 1. The van der Waals surface area contributed by atoms with Crippen molar-refractivity contribution in [2.75, 3.05) is 13.1 Å². The van der Waals surface area contributed by atoms with Crippen LogP contribution in [0.25, 0.3) is 0 Å². The van der Waals surface area contributed by atoms with Gasteiger partial charge in [0.25, 0.3) is 0 Å². The van der Waals surface area contributed by atoms with Gasteiger partial charge in [0, 0.05) is 31.6 Å². The van der Waals surface area contributed by atoms with Gasteiger partial charge < -0.3 is 4.90 Å². The van der Waals surface area contributed by atoms with Crippen molar-refractivity contribution in [1.82, 2.24) is 9.21 Å². The minimum atomic E-state index is -3.91. The molecule has 1 saturated carbocycles. The van der Waals surface area contributed by atoms with Crippen LogP contribution in [0.3, 0.4) is 0 Å². The van der Waals surface area contributed by atoms with Crippen LogP contribution in [0.2, 0.25) is 0 Å². The maximum absolute atomic E-state index is 13.5. The highest BCUT2D eigenvalue weighted by molar-refractivity contribution is 7.89. The lowest BCUT2D eigenvalue weighted by atomic mass is 9.96. The second-order valence-corrected chi connectivity index (χ2v) is 10.3. The number of sulfonamides is 1. The number of carbonyl (C=O) groups is 1. The minimum absolute atomic E-state index is 0.0866. The zero-order chi connectivity index (χ0) is 20.6.